The SMILES string of the molecule is CCC[C@H](N)C(=O)Nc1ccc(Br)cc1C. The van der Waals surface area contributed by atoms with E-state index in [-0.39, 0.29) is 5.91 Å². The Hall–Kier alpha value is -0.870. The van der Waals surface area contributed by atoms with Crippen LogP contribution in [0.15, 0.2) is 22.7 Å². The van der Waals surface area contributed by atoms with Gasteiger partial charge in [-0.15, -0.1) is 0 Å². The van der Waals surface area contributed by atoms with Gasteiger partial charge in [-0.05, 0) is 37.1 Å². The van der Waals surface area contributed by atoms with Crippen LogP contribution in [0.2, 0.25) is 0 Å². The highest BCUT2D eigenvalue weighted by molar-refractivity contribution is 9.10. The third kappa shape index (κ3) is 3.61. The number of nitrogens with two attached hydrogens (primary N) is 1. The van der Waals surface area contributed by atoms with Crippen molar-refractivity contribution in [3.8, 4) is 0 Å². The molecule has 1 aromatic carbocycles. The van der Waals surface area contributed by atoms with Crippen molar-refractivity contribution in [3.05, 3.63) is 28.2 Å². The Morgan fingerprint density at radius 3 is 2.81 bits per heavy atom. The van der Waals surface area contributed by atoms with Gasteiger partial charge in [-0.1, -0.05) is 29.3 Å². The summed E-state index contributed by atoms with van der Waals surface area (Å²) in [6.07, 6.45) is 1.62. The first kappa shape index (κ1) is 13.2. The fraction of sp³-hybridized carbons (Fsp3) is 0.417. The van der Waals surface area contributed by atoms with Gasteiger partial charge in [-0.25, -0.2) is 0 Å². The van der Waals surface area contributed by atoms with E-state index in [0.717, 1.165) is 22.1 Å². The van der Waals surface area contributed by atoms with Gasteiger partial charge < -0.3 is 11.1 Å². The molecule has 3 N–H and O–H groups in total. The van der Waals surface area contributed by atoms with Crippen LogP contribution in [-0.2, 0) is 4.79 Å². The molecule has 16 heavy (non-hydrogen) atoms. The lowest BCUT2D eigenvalue weighted by atomic mass is 10.1. The van der Waals surface area contributed by atoms with Crippen LogP contribution in [-0.4, -0.2) is 11.9 Å². The van der Waals surface area contributed by atoms with Gasteiger partial charge in [0.05, 0.1) is 6.04 Å². The molecule has 0 radical (unpaired) electrons. The summed E-state index contributed by atoms with van der Waals surface area (Å²) >= 11 is 3.38. The van der Waals surface area contributed by atoms with E-state index >= 15 is 0 Å². The molecule has 0 heterocycles. The van der Waals surface area contributed by atoms with Crippen molar-refractivity contribution in [1.29, 1.82) is 0 Å². The summed E-state index contributed by atoms with van der Waals surface area (Å²) in [7, 11) is 0. The number of hydrogen-bond donors (Lipinski definition) is 2. The number of carbonyl (C=O) groups excluding carboxylic acids is 1. The second-order valence-electron chi connectivity index (χ2n) is 3.84. The first-order valence-corrected chi connectivity index (χ1v) is 6.16. The van der Waals surface area contributed by atoms with E-state index < -0.39 is 6.04 Å². The first-order valence-electron chi connectivity index (χ1n) is 5.37. The molecule has 0 unspecified atom stereocenters. The molecule has 1 atom stereocenters. The molecule has 1 amide bonds. The van der Waals surface area contributed by atoms with E-state index in [4.69, 9.17) is 5.73 Å². The molecule has 0 aliphatic rings. The minimum absolute atomic E-state index is 0.118. The summed E-state index contributed by atoms with van der Waals surface area (Å²) in [6.45, 7) is 3.96. The Morgan fingerprint density at radius 2 is 2.25 bits per heavy atom. The van der Waals surface area contributed by atoms with E-state index in [2.05, 4.69) is 21.2 Å². The highest BCUT2D eigenvalue weighted by Crippen LogP contribution is 2.20. The summed E-state index contributed by atoms with van der Waals surface area (Å²) in [5.74, 6) is -0.118. The molecule has 0 fully saturated rings. The molecule has 0 aromatic heterocycles. The zero-order valence-corrected chi connectivity index (χ0v) is 11.2. The molecular weight excluding hydrogens is 268 g/mol. The highest BCUT2D eigenvalue weighted by atomic mass is 79.9. The van der Waals surface area contributed by atoms with E-state index in [0.29, 0.717) is 6.42 Å². The maximum Gasteiger partial charge on any atom is 0.241 e. The number of amides is 1. The minimum atomic E-state index is -0.423. The minimum Gasteiger partial charge on any atom is -0.324 e. The number of anilines is 1. The van der Waals surface area contributed by atoms with Crippen molar-refractivity contribution < 1.29 is 4.79 Å². The van der Waals surface area contributed by atoms with Crippen LogP contribution < -0.4 is 11.1 Å². The standard InChI is InChI=1S/C12H17BrN2O/c1-3-4-10(14)12(16)15-11-6-5-9(13)7-8(11)2/h5-7,10H,3-4,14H2,1-2H3,(H,15,16)/t10-/m0/s1. The highest BCUT2D eigenvalue weighted by Gasteiger charge is 2.13. The number of hydrogen-bond acceptors (Lipinski definition) is 2. The van der Waals surface area contributed by atoms with Crippen LogP contribution in [0.25, 0.3) is 0 Å². The molecule has 0 saturated carbocycles. The third-order valence-electron chi connectivity index (χ3n) is 2.38. The van der Waals surface area contributed by atoms with Gasteiger partial charge in [-0.2, -0.15) is 0 Å². The van der Waals surface area contributed by atoms with Crippen LogP contribution in [0, 0.1) is 6.92 Å². The van der Waals surface area contributed by atoms with Gasteiger partial charge in [0.25, 0.3) is 0 Å². The number of rotatable bonds is 4. The summed E-state index contributed by atoms with van der Waals surface area (Å²) in [5.41, 5.74) is 7.57. The van der Waals surface area contributed by atoms with Crippen LogP contribution in [0.3, 0.4) is 0 Å². The number of carbonyl (C=O) groups is 1. The fourth-order valence-electron chi connectivity index (χ4n) is 1.43. The van der Waals surface area contributed by atoms with Gasteiger partial charge >= 0.3 is 0 Å². The molecule has 0 aliphatic carbocycles. The topological polar surface area (TPSA) is 55.1 Å². The van der Waals surface area contributed by atoms with Crippen LogP contribution in [0.4, 0.5) is 5.69 Å². The average Bonchev–Trinajstić information content (AvgIpc) is 2.22. The zero-order chi connectivity index (χ0) is 12.1. The fourth-order valence-corrected chi connectivity index (χ4v) is 1.91. The van der Waals surface area contributed by atoms with Crippen molar-refractivity contribution in [2.24, 2.45) is 5.73 Å². The molecule has 0 saturated heterocycles. The van der Waals surface area contributed by atoms with Crippen LogP contribution >= 0.6 is 15.9 Å². The lowest BCUT2D eigenvalue weighted by Crippen LogP contribution is -2.35. The Morgan fingerprint density at radius 1 is 1.56 bits per heavy atom. The molecule has 88 valence electrons. The van der Waals surface area contributed by atoms with Crippen molar-refractivity contribution in [3.63, 3.8) is 0 Å². The second-order valence-corrected chi connectivity index (χ2v) is 4.76. The third-order valence-corrected chi connectivity index (χ3v) is 2.88. The molecular formula is C12H17BrN2O. The van der Waals surface area contributed by atoms with E-state index in [1.54, 1.807) is 0 Å². The van der Waals surface area contributed by atoms with Gasteiger partial charge in [0.2, 0.25) is 5.91 Å². The predicted molar refractivity (Wildman–Crippen MR) is 70.4 cm³/mol. The average molecular weight is 285 g/mol. The molecule has 0 bridgehead atoms. The molecule has 0 aliphatic heterocycles. The predicted octanol–water partition coefficient (Wildman–Crippen LogP) is 2.82. The van der Waals surface area contributed by atoms with Crippen molar-refractivity contribution in [2.45, 2.75) is 32.7 Å². The van der Waals surface area contributed by atoms with E-state index in [9.17, 15) is 4.79 Å². The largest absolute Gasteiger partial charge is 0.324 e. The molecule has 1 rings (SSSR count). The number of halogens is 1. The first-order chi connectivity index (χ1) is 7.54. The number of aryl methyl sites for hydroxylation is 1. The van der Waals surface area contributed by atoms with Crippen molar-refractivity contribution >= 4 is 27.5 Å². The lowest BCUT2D eigenvalue weighted by Gasteiger charge is -2.13. The Bertz CT molecular complexity index is 379. The Balaban J connectivity index is 2.69. The van der Waals surface area contributed by atoms with Gasteiger partial charge in [0.1, 0.15) is 0 Å². The monoisotopic (exact) mass is 284 g/mol. The van der Waals surface area contributed by atoms with E-state index in [1.165, 1.54) is 0 Å². The van der Waals surface area contributed by atoms with Crippen molar-refractivity contribution in [1.82, 2.24) is 0 Å². The lowest BCUT2D eigenvalue weighted by molar-refractivity contribution is -0.117. The molecule has 3 nitrogen and oxygen atoms in total. The Kier molecular flexibility index (Phi) is 4.96. The summed E-state index contributed by atoms with van der Waals surface area (Å²) in [6, 6.07) is 5.30. The quantitative estimate of drug-likeness (QED) is 0.893. The summed E-state index contributed by atoms with van der Waals surface area (Å²) in [5, 5.41) is 2.84. The van der Waals surface area contributed by atoms with Crippen LogP contribution in [0.5, 0.6) is 0 Å². The molecule has 1 aromatic rings. The molecule has 0 spiro atoms. The number of benzene rings is 1. The van der Waals surface area contributed by atoms with Gasteiger partial charge in [0, 0.05) is 10.2 Å². The maximum absolute atomic E-state index is 11.7. The normalized spacial score (nSPS) is 12.2. The number of nitrogens with one attached hydrogen (secondary N) is 1. The zero-order valence-electron chi connectivity index (χ0n) is 9.59. The summed E-state index contributed by atoms with van der Waals surface area (Å²) < 4.78 is 1.00. The van der Waals surface area contributed by atoms with E-state index in [1.807, 2.05) is 32.0 Å². The van der Waals surface area contributed by atoms with Crippen LogP contribution in [0.1, 0.15) is 25.3 Å². The van der Waals surface area contributed by atoms with Gasteiger partial charge in [-0.3, -0.25) is 4.79 Å². The van der Waals surface area contributed by atoms with Crippen molar-refractivity contribution in [2.75, 3.05) is 5.32 Å². The summed E-state index contributed by atoms with van der Waals surface area (Å²) in [4.78, 5) is 11.7. The smallest absolute Gasteiger partial charge is 0.241 e. The maximum atomic E-state index is 11.7. The second kappa shape index (κ2) is 6.01. The Labute approximate surface area is 105 Å². The molecule has 4 heteroatoms. The van der Waals surface area contributed by atoms with Gasteiger partial charge in [0.15, 0.2) is 0 Å².